The number of aromatic nitrogens is 4. The molecule has 98 heavy (non-hydrogen) atoms. The molecule has 17 rings (SSSR count). The van der Waals surface area contributed by atoms with Crippen LogP contribution < -0.4 is 37.3 Å². The molecule has 12 heteroatoms. The first kappa shape index (κ1) is 63.8. The first-order valence-electron chi connectivity index (χ1n) is 32.7. The second-order valence-electron chi connectivity index (χ2n) is 25.4. The van der Waals surface area contributed by atoms with Crippen molar-refractivity contribution in [3.63, 3.8) is 0 Å². The SMILES string of the molecule is CC1(C)OB(c2ccc(-c3ccc4ccc5cccnc5c4n3)c3ccccc23)OC1(C)C.O=P(c1ccccc1)(c1ccccc1)c1ccc(-c2ccc(-c3ccc4ccc5cccnc5c4n3)c3ccccc23)cc1.O=P(c1ccccc1)(c1ccccc1)c1ccc(Br)cc1. The summed E-state index contributed by atoms with van der Waals surface area (Å²) < 4.78 is 42.5. The highest BCUT2D eigenvalue weighted by atomic mass is 79.9. The number of hydrogen-bond acceptors (Lipinski definition) is 8. The Balaban J connectivity index is 0.000000128. The van der Waals surface area contributed by atoms with E-state index in [-0.39, 0.29) is 11.2 Å². The van der Waals surface area contributed by atoms with Gasteiger partial charge in [0, 0.05) is 81.4 Å². The van der Waals surface area contributed by atoms with Crippen molar-refractivity contribution < 1.29 is 18.4 Å². The molecule has 4 aromatic heterocycles. The Morgan fingerprint density at radius 2 is 0.643 bits per heavy atom. The van der Waals surface area contributed by atoms with Crippen LogP contribution in [0.3, 0.4) is 0 Å². The van der Waals surface area contributed by atoms with Gasteiger partial charge >= 0.3 is 7.12 Å². The summed E-state index contributed by atoms with van der Waals surface area (Å²) in [6, 6.07) is 105. The van der Waals surface area contributed by atoms with E-state index in [1.54, 1.807) is 0 Å². The molecule has 0 saturated carbocycles. The highest BCUT2D eigenvalue weighted by molar-refractivity contribution is 9.10. The fourth-order valence-electron chi connectivity index (χ4n) is 13.2. The Labute approximate surface area is 579 Å². The monoisotopic (exact) mass is 1370 g/mol. The number of fused-ring (bicyclic) bond motifs is 8. The van der Waals surface area contributed by atoms with Crippen LogP contribution in [-0.4, -0.2) is 38.3 Å². The third-order valence-corrected chi connectivity index (χ3v) is 25.7. The zero-order valence-corrected chi connectivity index (χ0v) is 57.8. The normalized spacial score (nSPS) is 13.5. The van der Waals surface area contributed by atoms with Gasteiger partial charge in [0.05, 0.1) is 44.7 Å². The molecule has 1 fully saturated rings. The van der Waals surface area contributed by atoms with E-state index in [9.17, 15) is 9.13 Å². The summed E-state index contributed by atoms with van der Waals surface area (Å²) in [6.45, 7) is 8.34. The minimum absolute atomic E-state index is 0.384. The van der Waals surface area contributed by atoms with Crippen molar-refractivity contribution in [3.05, 3.63) is 332 Å². The number of benzene rings is 12. The van der Waals surface area contributed by atoms with E-state index in [0.717, 1.165) is 141 Å². The fraction of sp³-hybridized carbons (Fsp3) is 0.0698. The Bertz CT molecular complexity index is 5630. The third-order valence-electron chi connectivity index (χ3n) is 19.0. The molecule has 1 aliphatic heterocycles. The van der Waals surface area contributed by atoms with Crippen LogP contribution in [0, 0.1) is 0 Å². The van der Waals surface area contributed by atoms with Gasteiger partial charge in [0.1, 0.15) is 0 Å². The van der Waals surface area contributed by atoms with Crippen LogP contribution in [0.25, 0.3) is 98.8 Å². The molecule has 0 bridgehead atoms. The summed E-state index contributed by atoms with van der Waals surface area (Å²) in [6.07, 6.45) is 3.65. The molecule has 16 aromatic rings. The second kappa shape index (κ2) is 26.6. The Hall–Kier alpha value is -10.3. The standard InChI is InChI=1S/C40H27N2OP.C28H25BN2O2.C18H14BrOP/c43-44(31-11-3-1-4-12-31,32-13-5-2-6-14-32)33-22-19-28(20-23-33)34-24-25-37(36-16-8-7-15-35(34)36)38-26-21-30-18-17-29-10-9-27-41-39(29)40(30)42-38;1-27(2)28(3,4)33-29(32-27)23-15-14-22(20-9-5-6-10-21(20)23)24-16-13-19-12-11-18-8-7-17-30-25(18)26(19)31-24;19-15-11-13-18(14-12-15)21(20,16-7-3-1-4-8-16)17-9-5-2-6-10-17/h1-27H;5-17H,1-4H3;1-14H. The predicted octanol–water partition coefficient (Wildman–Crippen LogP) is 18.9. The molecule has 1 saturated heterocycles. The zero-order valence-electron chi connectivity index (χ0n) is 54.4. The Kier molecular flexibility index (Phi) is 17.3. The van der Waals surface area contributed by atoms with Crippen LogP contribution in [0.4, 0.5) is 0 Å². The van der Waals surface area contributed by atoms with E-state index < -0.39 is 21.4 Å². The lowest BCUT2D eigenvalue weighted by atomic mass is 9.75. The fourth-order valence-corrected chi connectivity index (χ4v) is 18.7. The lowest BCUT2D eigenvalue weighted by Gasteiger charge is -2.32. The van der Waals surface area contributed by atoms with Gasteiger partial charge in [-0.2, -0.15) is 0 Å². The van der Waals surface area contributed by atoms with Crippen molar-refractivity contribution >= 4 is 140 Å². The van der Waals surface area contributed by atoms with Crippen LogP contribution in [0.15, 0.2) is 332 Å². The summed E-state index contributed by atoms with van der Waals surface area (Å²) in [5, 5.41) is 13.9. The van der Waals surface area contributed by atoms with Crippen LogP contribution in [0.5, 0.6) is 0 Å². The van der Waals surface area contributed by atoms with Crippen LogP contribution in [0.2, 0.25) is 0 Å². The Morgan fingerprint density at radius 1 is 0.316 bits per heavy atom. The molecular formula is C86H66BBrN4O4P2. The number of halogens is 1. The molecule has 0 spiro atoms. The van der Waals surface area contributed by atoms with Gasteiger partial charge in [0.25, 0.3) is 0 Å². The summed E-state index contributed by atoms with van der Waals surface area (Å²) in [4.78, 5) is 19.4. The van der Waals surface area contributed by atoms with E-state index in [4.69, 9.17) is 19.3 Å². The second-order valence-corrected chi connectivity index (χ2v) is 31.9. The summed E-state index contributed by atoms with van der Waals surface area (Å²) in [7, 11) is -6.26. The first-order chi connectivity index (χ1) is 47.7. The van der Waals surface area contributed by atoms with Gasteiger partial charge in [-0.1, -0.05) is 283 Å². The molecule has 5 heterocycles. The van der Waals surface area contributed by atoms with Crippen LogP contribution in [-0.2, 0) is 18.4 Å². The van der Waals surface area contributed by atoms with Crippen molar-refractivity contribution in [3.8, 4) is 33.6 Å². The average Bonchev–Trinajstić information content (AvgIpc) is 1.65. The van der Waals surface area contributed by atoms with E-state index >= 15 is 0 Å². The lowest BCUT2D eigenvalue weighted by Crippen LogP contribution is -2.41. The smallest absolute Gasteiger partial charge is 0.399 e. The maximum Gasteiger partial charge on any atom is 0.495 e. The molecule has 0 radical (unpaired) electrons. The average molecular weight is 1370 g/mol. The molecule has 474 valence electrons. The first-order valence-corrected chi connectivity index (χ1v) is 36.9. The number of rotatable bonds is 10. The summed E-state index contributed by atoms with van der Waals surface area (Å²) in [5.41, 5.74) is 10.1. The van der Waals surface area contributed by atoms with Gasteiger partial charge in [0.2, 0.25) is 0 Å². The topological polar surface area (TPSA) is 104 Å². The van der Waals surface area contributed by atoms with Crippen molar-refractivity contribution in [1.82, 2.24) is 19.9 Å². The number of hydrogen-bond donors (Lipinski definition) is 0. The minimum Gasteiger partial charge on any atom is -0.399 e. The molecule has 1 aliphatic rings. The van der Waals surface area contributed by atoms with Gasteiger partial charge in [-0.25, -0.2) is 9.97 Å². The van der Waals surface area contributed by atoms with Crippen molar-refractivity contribution in [2.24, 2.45) is 0 Å². The molecule has 0 atom stereocenters. The number of pyridine rings is 4. The molecule has 0 amide bonds. The molecule has 0 aliphatic carbocycles. The highest BCUT2D eigenvalue weighted by Crippen LogP contribution is 2.45. The van der Waals surface area contributed by atoms with Gasteiger partial charge in [0.15, 0.2) is 14.3 Å². The summed E-state index contributed by atoms with van der Waals surface area (Å²) in [5.74, 6) is 0. The number of nitrogens with zero attached hydrogens (tertiary/aromatic N) is 4. The summed E-state index contributed by atoms with van der Waals surface area (Å²) >= 11 is 3.43. The van der Waals surface area contributed by atoms with Crippen LogP contribution in [0.1, 0.15) is 27.7 Å². The molecule has 8 nitrogen and oxygen atoms in total. The van der Waals surface area contributed by atoms with Gasteiger partial charge in [-0.3, -0.25) is 9.97 Å². The lowest BCUT2D eigenvalue weighted by molar-refractivity contribution is 0.00578. The van der Waals surface area contributed by atoms with Crippen molar-refractivity contribution in [1.29, 1.82) is 0 Å². The maximum atomic E-state index is 14.8. The van der Waals surface area contributed by atoms with E-state index in [1.807, 2.05) is 182 Å². The van der Waals surface area contributed by atoms with E-state index in [1.165, 1.54) is 0 Å². The molecular weight excluding hydrogens is 1310 g/mol. The van der Waals surface area contributed by atoms with Gasteiger partial charge in [-0.05, 0) is 114 Å². The van der Waals surface area contributed by atoms with Gasteiger partial charge < -0.3 is 18.4 Å². The quantitative estimate of drug-likeness (QED) is 0.0758. The molecule has 12 aromatic carbocycles. The largest absolute Gasteiger partial charge is 0.495 e. The predicted molar refractivity (Wildman–Crippen MR) is 414 cm³/mol. The molecule has 0 N–H and O–H groups in total. The van der Waals surface area contributed by atoms with Crippen LogP contribution >= 0.6 is 30.2 Å². The Morgan fingerprint density at radius 3 is 1.07 bits per heavy atom. The molecule has 0 unspecified atom stereocenters. The van der Waals surface area contributed by atoms with Crippen molar-refractivity contribution in [2.45, 2.75) is 38.9 Å². The van der Waals surface area contributed by atoms with Gasteiger partial charge in [-0.15, -0.1) is 0 Å². The van der Waals surface area contributed by atoms with E-state index in [0.29, 0.717) is 0 Å². The zero-order chi connectivity index (χ0) is 67.0. The third kappa shape index (κ3) is 12.0. The highest BCUT2D eigenvalue weighted by Gasteiger charge is 2.52. The minimum atomic E-state index is -3.04. The van der Waals surface area contributed by atoms with Crippen molar-refractivity contribution in [2.75, 3.05) is 0 Å². The van der Waals surface area contributed by atoms with E-state index in [2.05, 4.69) is 199 Å². The maximum absolute atomic E-state index is 14.8.